The summed E-state index contributed by atoms with van der Waals surface area (Å²) in [4.78, 5) is 71.3. The lowest BCUT2D eigenvalue weighted by molar-refractivity contribution is -0.133. The van der Waals surface area contributed by atoms with Crippen molar-refractivity contribution in [2.24, 2.45) is 5.92 Å². The van der Waals surface area contributed by atoms with Gasteiger partial charge in [0.05, 0.1) is 18.6 Å². The molecule has 5 N–H and O–H groups in total. The molecule has 0 radical (unpaired) electrons. The fourth-order valence-electron chi connectivity index (χ4n) is 5.29. The first-order valence-corrected chi connectivity index (χ1v) is 16.3. The number of nitrogens with one attached hydrogen (secondary N) is 5. The summed E-state index contributed by atoms with van der Waals surface area (Å²) in [6, 6.07) is 16.5. The van der Waals surface area contributed by atoms with Crippen LogP contribution in [0.25, 0.3) is 0 Å². The molecular formula is C36H44N6O6. The van der Waals surface area contributed by atoms with Crippen LogP contribution in [-0.4, -0.2) is 72.3 Å². The molecule has 0 fully saturated rings. The zero-order valence-electron chi connectivity index (χ0n) is 27.4. The highest BCUT2D eigenvalue weighted by Gasteiger charge is 2.30. The van der Waals surface area contributed by atoms with Crippen LogP contribution >= 0.6 is 0 Å². The van der Waals surface area contributed by atoms with Crippen molar-refractivity contribution in [3.8, 4) is 5.75 Å². The quantitative estimate of drug-likeness (QED) is 0.248. The van der Waals surface area contributed by atoms with Gasteiger partial charge in [0.15, 0.2) is 0 Å². The number of benzene rings is 2. The average Bonchev–Trinajstić information content (AvgIpc) is 3.07. The van der Waals surface area contributed by atoms with Crippen molar-refractivity contribution in [3.05, 3.63) is 95.8 Å². The summed E-state index contributed by atoms with van der Waals surface area (Å²) in [5.41, 5.74) is 2.01. The Morgan fingerprint density at radius 1 is 0.875 bits per heavy atom. The van der Waals surface area contributed by atoms with Gasteiger partial charge in [-0.25, -0.2) is 0 Å². The maximum absolute atomic E-state index is 13.6. The van der Waals surface area contributed by atoms with E-state index in [1.165, 1.54) is 0 Å². The number of ether oxygens (including phenoxy) is 1. The molecule has 1 aliphatic rings. The Morgan fingerprint density at radius 2 is 1.60 bits per heavy atom. The third kappa shape index (κ3) is 11.2. The van der Waals surface area contributed by atoms with Crippen LogP contribution in [0.5, 0.6) is 5.75 Å². The number of carbonyl (C=O) groups is 5. The Labute approximate surface area is 280 Å². The molecule has 5 amide bonds. The minimum absolute atomic E-state index is 0.0174. The number of fused-ring (bicyclic) bond motifs is 1. The van der Waals surface area contributed by atoms with Gasteiger partial charge in [0.25, 0.3) is 5.91 Å². The molecule has 1 aromatic heterocycles. The van der Waals surface area contributed by atoms with Crippen molar-refractivity contribution in [2.45, 2.75) is 64.1 Å². The molecule has 48 heavy (non-hydrogen) atoms. The van der Waals surface area contributed by atoms with Crippen molar-refractivity contribution >= 4 is 29.5 Å². The third-order valence-electron chi connectivity index (χ3n) is 7.76. The number of para-hydroxylation sites is 1. The van der Waals surface area contributed by atoms with Crippen LogP contribution in [0.1, 0.15) is 54.6 Å². The number of hydrogen-bond acceptors (Lipinski definition) is 7. The van der Waals surface area contributed by atoms with E-state index >= 15 is 0 Å². The van der Waals surface area contributed by atoms with Crippen molar-refractivity contribution in [1.29, 1.82) is 0 Å². The Morgan fingerprint density at radius 3 is 2.35 bits per heavy atom. The van der Waals surface area contributed by atoms with Gasteiger partial charge in [-0.05, 0) is 60.6 Å². The Bertz CT molecular complexity index is 1530. The summed E-state index contributed by atoms with van der Waals surface area (Å²) in [7, 11) is 0. The highest BCUT2D eigenvalue weighted by Crippen LogP contribution is 2.19. The van der Waals surface area contributed by atoms with E-state index in [4.69, 9.17) is 4.74 Å². The van der Waals surface area contributed by atoms with Crippen molar-refractivity contribution in [1.82, 2.24) is 31.6 Å². The minimum Gasteiger partial charge on any atom is -0.493 e. The van der Waals surface area contributed by atoms with Gasteiger partial charge in [0, 0.05) is 31.9 Å². The van der Waals surface area contributed by atoms with Crippen molar-refractivity contribution in [2.75, 3.05) is 19.7 Å². The van der Waals surface area contributed by atoms with Gasteiger partial charge in [0.2, 0.25) is 23.6 Å². The molecule has 2 heterocycles. The fraction of sp³-hybridized carbons (Fsp3) is 0.389. The first-order valence-electron chi connectivity index (χ1n) is 16.3. The second kappa shape index (κ2) is 18.2. The Balaban J connectivity index is 1.58. The normalized spacial score (nSPS) is 19.7. The Hall–Kier alpha value is -5.26. The van der Waals surface area contributed by atoms with Crippen molar-refractivity contribution < 1.29 is 28.7 Å². The number of aromatic nitrogens is 1. The van der Waals surface area contributed by atoms with E-state index in [-0.39, 0.29) is 49.9 Å². The van der Waals surface area contributed by atoms with Gasteiger partial charge < -0.3 is 31.3 Å². The van der Waals surface area contributed by atoms with E-state index in [0.717, 1.165) is 11.1 Å². The van der Waals surface area contributed by atoms with E-state index in [0.29, 0.717) is 18.6 Å². The summed E-state index contributed by atoms with van der Waals surface area (Å²) >= 11 is 0. The smallest absolute Gasteiger partial charge is 0.255 e. The molecule has 12 nitrogen and oxygen atoms in total. The first-order chi connectivity index (χ1) is 23.2. The highest BCUT2D eigenvalue weighted by molar-refractivity contribution is 6.01. The molecule has 0 saturated carbocycles. The molecule has 0 aliphatic carbocycles. The molecule has 0 spiro atoms. The predicted octanol–water partition coefficient (Wildman–Crippen LogP) is 2.09. The SMILES string of the molecule is CC(C)C[C@@H]1NC(=O)C[C@@H](C(=O)NCCc2ccncc2)NC(=O)c2ccccc2OCCCNC(=O)[C@H](Cc2ccccc2)NC1=O. The van der Waals surface area contributed by atoms with Crippen LogP contribution in [-0.2, 0) is 32.0 Å². The summed E-state index contributed by atoms with van der Waals surface area (Å²) < 4.78 is 5.89. The van der Waals surface area contributed by atoms with Crippen LogP contribution in [0.2, 0.25) is 0 Å². The molecule has 0 saturated heterocycles. The number of carbonyl (C=O) groups excluding carboxylic acids is 5. The molecule has 254 valence electrons. The standard InChI is InChI=1S/C36H44N6O6/c1-24(2)21-28-36(47)42-29(22-26-9-4-3-5-10-26)34(45)38-16-8-20-48-31-12-7-6-11-27(31)33(44)41-30(23-32(43)40-28)35(46)39-19-15-25-13-17-37-18-14-25/h3-7,9-14,17-18,24,28-30H,8,15-16,19-23H2,1-2H3,(H,38,45)(H,39,46)(H,40,43)(H,41,44)(H,42,47)/t28-,29-,30-/m0/s1. The van der Waals surface area contributed by atoms with Crippen molar-refractivity contribution in [3.63, 3.8) is 0 Å². The summed E-state index contributed by atoms with van der Waals surface area (Å²) in [6.45, 7) is 4.55. The lowest BCUT2D eigenvalue weighted by atomic mass is 10.0. The van der Waals surface area contributed by atoms with Crippen LogP contribution in [0, 0.1) is 5.92 Å². The topological polar surface area (TPSA) is 168 Å². The van der Waals surface area contributed by atoms with Gasteiger partial charge in [-0.15, -0.1) is 0 Å². The average molecular weight is 657 g/mol. The van der Waals surface area contributed by atoms with E-state index in [1.807, 2.05) is 56.3 Å². The Kier molecular flexibility index (Phi) is 13.5. The zero-order valence-corrected chi connectivity index (χ0v) is 27.4. The van der Waals surface area contributed by atoms with E-state index < -0.39 is 48.2 Å². The van der Waals surface area contributed by atoms with Crippen LogP contribution in [0.4, 0.5) is 0 Å². The van der Waals surface area contributed by atoms with Gasteiger partial charge in [-0.2, -0.15) is 0 Å². The third-order valence-corrected chi connectivity index (χ3v) is 7.76. The molecule has 0 bridgehead atoms. The summed E-state index contributed by atoms with van der Waals surface area (Å²) in [5.74, 6) is -2.33. The van der Waals surface area contributed by atoms with Crippen LogP contribution in [0.15, 0.2) is 79.1 Å². The van der Waals surface area contributed by atoms with Crippen LogP contribution in [0.3, 0.4) is 0 Å². The fourth-order valence-corrected chi connectivity index (χ4v) is 5.29. The van der Waals surface area contributed by atoms with Gasteiger partial charge in [-0.3, -0.25) is 29.0 Å². The number of amides is 5. The number of rotatable bonds is 8. The van der Waals surface area contributed by atoms with E-state index in [2.05, 4.69) is 31.6 Å². The molecule has 4 rings (SSSR count). The van der Waals surface area contributed by atoms with Crippen LogP contribution < -0.4 is 31.3 Å². The number of hydrogen-bond donors (Lipinski definition) is 5. The molecule has 1 aliphatic heterocycles. The number of pyridine rings is 1. The maximum Gasteiger partial charge on any atom is 0.255 e. The monoisotopic (exact) mass is 656 g/mol. The zero-order chi connectivity index (χ0) is 34.3. The van der Waals surface area contributed by atoms with Gasteiger partial charge in [-0.1, -0.05) is 56.3 Å². The van der Waals surface area contributed by atoms with E-state index in [1.54, 1.807) is 36.7 Å². The predicted molar refractivity (Wildman–Crippen MR) is 180 cm³/mol. The molecule has 0 unspecified atom stereocenters. The summed E-state index contributed by atoms with van der Waals surface area (Å²) in [5, 5.41) is 14.0. The van der Waals surface area contributed by atoms with E-state index in [9.17, 15) is 24.0 Å². The van der Waals surface area contributed by atoms with Gasteiger partial charge in [0.1, 0.15) is 23.9 Å². The summed E-state index contributed by atoms with van der Waals surface area (Å²) in [6.07, 6.45) is 4.38. The van der Waals surface area contributed by atoms with Gasteiger partial charge >= 0.3 is 0 Å². The minimum atomic E-state index is -1.25. The second-order valence-electron chi connectivity index (χ2n) is 12.1. The first kappa shape index (κ1) is 35.6. The number of nitrogens with zero attached hydrogens (tertiary/aromatic N) is 1. The highest BCUT2D eigenvalue weighted by atomic mass is 16.5. The largest absolute Gasteiger partial charge is 0.493 e. The molecule has 2 aromatic carbocycles. The lowest BCUT2D eigenvalue weighted by Crippen LogP contribution is -2.56. The molecular weight excluding hydrogens is 612 g/mol. The molecule has 3 atom stereocenters. The second-order valence-corrected chi connectivity index (χ2v) is 12.1. The lowest BCUT2D eigenvalue weighted by Gasteiger charge is -2.25. The maximum atomic E-state index is 13.6. The molecule has 12 heteroatoms. The molecule has 3 aromatic rings.